The Morgan fingerprint density at radius 1 is 1.62 bits per heavy atom. The van der Waals surface area contributed by atoms with Crippen LogP contribution in [0, 0.1) is 5.41 Å². The van der Waals surface area contributed by atoms with E-state index in [0.717, 1.165) is 10.6 Å². The molecule has 0 fully saturated rings. The number of nitrogens with two attached hydrogens (primary N) is 1. The molecule has 1 rings (SSSR count). The molecule has 4 heteroatoms. The Hall–Kier alpha value is -1.16. The van der Waals surface area contributed by atoms with Gasteiger partial charge in [-0.25, -0.2) is 0 Å². The maximum Gasteiger partial charge on any atom is 0.127 e. The number of benzene rings is 1. The van der Waals surface area contributed by atoms with Crippen LogP contribution in [-0.2, 0) is 0 Å². The molecule has 0 saturated heterocycles. The number of nitrogens with one attached hydrogen (secondary N) is 1. The lowest BCUT2D eigenvalue weighted by Crippen LogP contribution is -2.12. The molecule has 3 nitrogen and oxygen atoms in total. The summed E-state index contributed by atoms with van der Waals surface area (Å²) in [6.07, 6.45) is 0. The molecule has 0 aliphatic heterocycles. The first-order valence-corrected chi connectivity index (χ1v) is 4.94. The highest BCUT2D eigenvalue weighted by Gasteiger charge is 2.09. The van der Waals surface area contributed by atoms with Gasteiger partial charge in [-0.05, 0) is 17.9 Å². The number of rotatable bonds is 3. The van der Waals surface area contributed by atoms with Gasteiger partial charge in [-0.3, -0.25) is 5.41 Å². The van der Waals surface area contributed by atoms with Gasteiger partial charge in [0.1, 0.15) is 11.6 Å². The molecule has 0 heterocycles. The van der Waals surface area contributed by atoms with Crippen LogP contribution < -0.4 is 5.73 Å². The van der Waals surface area contributed by atoms with Gasteiger partial charge in [-0.2, -0.15) is 0 Å². The van der Waals surface area contributed by atoms with Gasteiger partial charge in [0.2, 0.25) is 0 Å². The average molecular weight is 196 g/mol. The number of phenols is 1. The summed E-state index contributed by atoms with van der Waals surface area (Å²) >= 11 is 1.56. The van der Waals surface area contributed by atoms with Gasteiger partial charge in [-0.15, -0.1) is 11.8 Å². The van der Waals surface area contributed by atoms with Crippen LogP contribution in [0.25, 0.3) is 0 Å². The van der Waals surface area contributed by atoms with Crippen LogP contribution >= 0.6 is 11.8 Å². The fourth-order valence-corrected chi connectivity index (χ4v) is 1.91. The van der Waals surface area contributed by atoms with Crippen LogP contribution in [0.4, 0.5) is 0 Å². The number of hydrogen-bond acceptors (Lipinski definition) is 3. The Balaban J connectivity index is 3.17. The first-order valence-electron chi connectivity index (χ1n) is 3.96. The molecule has 4 N–H and O–H groups in total. The molecule has 0 unspecified atom stereocenters. The maximum atomic E-state index is 9.45. The Kier molecular flexibility index (Phi) is 3.19. The summed E-state index contributed by atoms with van der Waals surface area (Å²) in [5.41, 5.74) is 5.79. The molecule has 0 radical (unpaired) electrons. The molecule has 0 bridgehead atoms. The minimum absolute atomic E-state index is 0.0750. The minimum Gasteiger partial charge on any atom is -0.507 e. The summed E-state index contributed by atoms with van der Waals surface area (Å²) in [6.45, 7) is 2.01. The van der Waals surface area contributed by atoms with E-state index < -0.39 is 0 Å². The van der Waals surface area contributed by atoms with Crippen molar-refractivity contribution in [2.24, 2.45) is 5.73 Å². The Morgan fingerprint density at radius 2 is 2.31 bits per heavy atom. The largest absolute Gasteiger partial charge is 0.507 e. The van der Waals surface area contributed by atoms with Crippen LogP contribution in [0.3, 0.4) is 0 Å². The van der Waals surface area contributed by atoms with Gasteiger partial charge >= 0.3 is 0 Å². The van der Waals surface area contributed by atoms with Crippen molar-refractivity contribution in [2.45, 2.75) is 11.8 Å². The SMILES string of the molecule is CCSc1cccc(O)c1C(=N)N. The van der Waals surface area contributed by atoms with Gasteiger partial charge < -0.3 is 10.8 Å². The van der Waals surface area contributed by atoms with E-state index in [-0.39, 0.29) is 11.6 Å². The van der Waals surface area contributed by atoms with E-state index in [4.69, 9.17) is 11.1 Å². The molecular weight excluding hydrogens is 184 g/mol. The zero-order chi connectivity index (χ0) is 9.84. The number of thioether (sulfide) groups is 1. The molecule has 70 valence electrons. The second kappa shape index (κ2) is 4.18. The lowest BCUT2D eigenvalue weighted by Gasteiger charge is -2.07. The number of nitrogen functional groups attached to an aromatic ring is 1. The average Bonchev–Trinajstić information content (AvgIpc) is 2.04. The summed E-state index contributed by atoms with van der Waals surface area (Å²) < 4.78 is 0. The van der Waals surface area contributed by atoms with E-state index in [2.05, 4.69) is 0 Å². The van der Waals surface area contributed by atoms with E-state index in [0.29, 0.717) is 5.56 Å². The number of phenolic OH excluding ortho intramolecular Hbond substituents is 1. The first-order chi connectivity index (χ1) is 6.16. The molecule has 0 spiro atoms. The predicted molar refractivity (Wildman–Crippen MR) is 55.5 cm³/mol. The fraction of sp³-hybridized carbons (Fsp3) is 0.222. The van der Waals surface area contributed by atoms with Crippen molar-refractivity contribution >= 4 is 17.6 Å². The smallest absolute Gasteiger partial charge is 0.127 e. The molecule has 1 aromatic carbocycles. The van der Waals surface area contributed by atoms with Crippen LogP contribution in [0.15, 0.2) is 23.1 Å². The minimum atomic E-state index is -0.0888. The Morgan fingerprint density at radius 3 is 2.85 bits per heavy atom. The summed E-state index contributed by atoms with van der Waals surface area (Å²) in [7, 11) is 0. The van der Waals surface area contributed by atoms with Crippen molar-refractivity contribution in [2.75, 3.05) is 5.75 Å². The highest BCUT2D eigenvalue weighted by Crippen LogP contribution is 2.28. The molecule has 0 atom stereocenters. The van der Waals surface area contributed by atoms with Gasteiger partial charge in [-0.1, -0.05) is 13.0 Å². The van der Waals surface area contributed by atoms with Crippen LogP contribution in [0.5, 0.6) is 5.75 Å². The predicted octanol–water partition coefficient (Wildman–Crippen LogP) is 1.79. The molecule has 1 aromatic rings. The normalized spacial score (nSPS) is 9.92. The third-order valence-electron chi connectivity index (χ3n) is 1.57. The van der Waals surface area contributed by atoms with Crippen LogP contribution in [0.1, 0.15) is 12.5 Å². The number of hydrogen-bond donors (Lipinski definition) is 3. The maximum absolute atomic E-state index is 9.45. The van der Waals surface area contributed by atoms with Gasteiger partial charge in [0, 0.05) is 4.90 Å². The van der Waals surface area contributed by atoms with Gasteiger partial charge in [0.15, 0.2) is 0 Å². The zero-order valence-corrected chi connectivity index (χ0v) is 8.19. The Labute approximate surface area is 81.5 Å². The molecule has 0 amide bonds. The second-order valence-corrected chi connectivity index (χ2v) is 3.80. The molecule has 0 saturated carbocycles. The molecule has 13 heavy (non-hydrogen) atoms. The highest BCUT2D eigenvalue weighted by atomic mass is 32.2. The molecular formula is C9H12N2OS. The van der Waals surface area contributed by atoms with E-state index >= 15 is 0 Å². The van der Waals surface area contributed by atoms with Crippen molar-refractivity contribution in [3.63, 3.8) is 0 Å². The van der Waals surface area contributed by atoms with Crippen molar-refractivity contribution in [1.82, 2.24) is 0 Å². The Bertz CT molecular complexity index is 325. The summed E-state index contributed by atoms with van der Waals surface area (Å²) in [5, 5.41) is 16.8. The topological polar surface area (TPSA) is 70.1 Å². The van der Waals surface area contributed by atoms with E-state index in [1.807, 2.05) is 13.0 Å². The van der Waals surface area contributed by atoms with Crippen molar-refractivity contribution < 1.29 is 5.11 Å². The molecule has 0 aromatic heterocycles. The van der Waals surface area contributed by atoms with E-state index in [1.165, 1.54) is 6.07 Å². The summed E-state index contributed by atoms with van der Waals surface area (Å²) in [5.74, 6) is 0.879. The molecule has 0 aliphatic rings. The first kappa shape index (κ1) is 9.92. The lowest BCUT2D eigenvalue weighted by molar-refractivity contribution is 0.472. The molecule has 0 aliphatic carbocycles. The quantitative estimate of drug-likeness (QED) is 0.392. The van der Waals surface area contributed by atoms with E-state index in [9.17, 15) is 5.11 Å². The zero-order valence-electron chi connectivity index (χ0n) is 7.37. The number of amidine groups is 1. The standard InChI is InChI=1S/C9H12N2OS/c1-2-13-7-5-3-4-6(12)8(7)9(10)11/h3-5,12H,2H2,1H3,(H3,10,11). The highest BCUT2D eigenvalue weighted by molar-refractivity contribution is 7.99. The van der Waals surface area contributed by atoms with Crippen LogP contribution in [-0.4, -0.2) is 16.7 Å². The van der Waals surface area contributed by atoms with Crippen LogP contribution in [0.2, 0.25) is 0 Å². The lowest BCUT2D eigenvalue weighted by atomic mass is 10.2. The van der Waals surface area contributed by atoms with Gasteiger partial charge in [0.25, 0.3) is 0 Å². The fourth-order valence-electron chi connectivity index (χ4n) is 1.07. The monoisotopic (exact) mass is 196 g/mol. The summed E-state index contributed by atoms with van der Waals surface area (Å²) in [4.78, 5) is 0.856. The van der Waals surface area contributed by atoms with Crippen molar-refractivity contribution in [3.8, 4) is 5.75 Å². The van der Waals surface area contributed by atoms with Gasteiger partial charge in [0.05, 0.1) is 5.56 Å². The van der Waals surface area contributed by atoms with E-state index in [1.54, 1.807) is 17.8 Å². The van der Waals surface area contributed by atoms with Crippen molar-refractivity contribution in [3.05, 3.63) is 23.8 Å². The van der Waals surface area contributed by atoms with Crippen molar-refractivity contribution in [1.29, 1.82) is 5.41 Å². The number of aromatic hydroxyl groups is 1. The second-order valence-electron chi connectivity index (χ2n) is 2.50. The summed E-state index contributed by atoms with van der Waals surface area (Å²) in [6, 6.07) is 5.14. The third kappa shape index (κ3) is 2.15. The third-order valence-corrected chi connectivity index (χ3v) is 2.51.